The van der Waals surface area contributed by atoms with Crippen molar-refractivity contribution in [2.75, 3.05) is 18.5 Å². The van der Waals surface area contributed by atoms with Gasteiger partial charge < -0.3 is 15.4 Å². The van der Waals surface area contributed by atoms with Crippen molar-refractivity contribution < 1.29 is 9.53 Å². The number of aryl methyl sites for hydroxylation is 1. The molecule has 3 rings (SSSR count). The standard InChI is InChI=1S/C18H20BrN3O2/c1-12-4-5-17(16(19)7-12)22-14-8-13(9-20-10-14)18(23)21-11-15-3-2-6-24-15/h4-5,7-10,15,22H,2-3,6,11H2,1H3,(H,21,23). The number of amides is 1. The summed E-state index contributed by atoms with van der Waals surface area (Å²) in [4.78, 5) is 16.4. The fourth-order valence-electron chi connectivity index (χ4n) is 2.62. The van der Waals surface area contributed by atoms with Crippen LogP contribution in [0.25, 0.3) is 0 Å². The second kappa shape index (κ2) is 7.77. The van der Waals surface area contributed by atoms with Gasteiger partial charge in [0.2, 0.25) is 0 Å². The lowest BCUT2D eigenvalue weighted by Gasteiger charge is -2.12. The summed E-state index contributed by atoms with van der Waals surface area (Å²) in [7, 11) is 0. The SMILES string of the molecule is Cc1ccc(Nc2cncc(C(=O)NCC3CCCO3)c2)c(Br)c1. The van der Waals surface area contributed by atoms with Crippen molar-refractivity contribution in [3.63, 3.8) is 0 Å². The third-order valence-corrected chi connectivity index (χ3v) is 4.57. The third-order valence-electron chi connectivity index (χ3n) is 3.92. The molecule has 1 aromatic heterocycles. The summed E-state index contributed by atoms with van der Waals surface area (Å²) in [6.07, 6.45) is 5.46. The zero-order valence-corrected chi connectivity index (χ0v) is 15.1. The molecule has 2 aromatic rings. The Morgan fingerprint density at radius 3 is 3.00 bits per heavy atom. The number of hydrogen-bond acceptors (Lipinski definition) is 4. The number of nitrogens with one attached hydrogen (secondary N) is 2. The number of anilines is 2. The van der Waals surface area contributed by atoms with E-state index < -0.39 is 0 Å². The van der Waals surface area contributed by atoms with E-state index in [0.29, 0.717) is 12.1 Å². The zero-order valence-electron chi connectivity index (χ0n) is 13.5. The van der Waals surface area contributed by atoms with E-state index in [1.165, 1.54) is 5.56 Å². The van der Waals surface area contributed by atoms with E-state index in [4.69, 9.17) is 4.74 Å². The van der Waals surface area contributed by atoms with Gasteiger partial charge in [0.15, 0.2) is 0 Å². The Labute approximate surface area is 149 Å². The Morgan fingerprint density at radius 2 is 2.25 bits per heavy atom. The highest BCUT2D eigenvalue weighted by molar-refractivity contribution is 9.10. The van der Waals surface area contributed by atoms with Crippen LogP contribution in [-0.4, -0.2) is 30.1 Å². The molecule has 1 amide bonds. The second-order valence-corrected chi connectivity index (χ2v) is 6.77. The summed E-state index contributed by atoms with van der Waals surface area (Å²) >= 11 is 3.54. The third kappa shape index (κ3) is 4.33. The fourth-order valence-corrected chi connectivity index (χ4v) is 3.22. The maximum atomic E-state index is 12.3. The van der Waals surface area contributed by atoms with E-state index >= 15 is 0 Å². The Morgan fingerprint density at radius 1 is 1.38 bits per heavy atom. The van der Waals surface area contributed by atoms with Crippen molar-refractivity contribution in [1.82, 2.24) is 10.3 Å². The molecule has 0 bridgehead atoms. The topological polar surface area (TPSA) is 63.2 Å². The first kappa shape index (κ1) is 16.9. The molecule has 6 heteroatoms. The van der Waals surface area contributed by atoms with E-state index in [-0.39, 0.29) is 12.0 Å². The van der Waals surface area contributed by atoms with Gasteiger partial charge in [0, 0.05) is 23.8 Å². The monoisotopic (exact) mass is 389 g/mol. The molecular formula is C18H20BrN3O2. The lowest BCUT2D eigenvalue weighted by molar-refractivity contribution is 0.0857. The van der Waals surface area contributed by atoms with Crippen molar-refractivity contribution in [2.45, 2.75) is 25.9 Å². The lowest BCUT2D eigenvalue weighted by Crippen LogP contribution is -2.31. The van der Waals surface area contributed by atoms with Crippen molar-refractivity contribution in [2.24, 2.45) is 0 Å². The van der Waals surface area contributed by atoms with Gasteiger partial charge >= 0.3 is 0 Å². The Bertz CT molecular complexity index is 730. The molecule has 0 radical (unpaired) electrons. The van der Waals surface area contributed by atoms with Gasteiger partial charge in [-0.3, -0.25) is 9.78 Å². The summed E-state index contributed by atoms with van der Waals surface area (Å²) in [5, 5.41) is 6.19. The fraction of sp³-hybridized carbons (Fsp3) is 0.333. The molecule has 0 spiro atoms. The van der Waals surface area contributed by atoms with E-state index in [0.717, 1.165) is 35.3 Å². The minimum Gasteiger partial charge on any atom is -0.376 e. The second-order valence-electron chi connectivity index (χ2n) is 5.92. The number of carbonyl (C=O) groups excluding carboxylic acids is 1. The van der Waals surface area contributed by atoms with Crippen LogP contribution in [0.4, 0.5) is 11.4 Å². The molecule has 1 atom stereocenters. The predicted octanol–water partition coefficient (Wildman–Crippen LogP) is 3.80. The van der Waals surface area contributed by atoms with Crippen molar-refractivity contribution in [3.8, 4) is 0 Å². The first-order chi connectivity index (χ1) is 11.6. The number of halogens is 1. The number of ether oxygens (including phenoxy) is 1. The highest BCUT2D eigenvalue weighted by Crippen LogP contribution is 2.26. The number of hydrogen-bond donors (Lipinski definition) is 2. The van der Waals surface area contributed by atoms with Crippen LogP contribution in [-0.2, 0) is 4.74 Å². The zero-order chi connectivity index (χ0) is 16.9. The first-order valence-electron chi connectivity index (χ1n) is 8.00. The molecule has 1 aliphatic rings. The summed E-state index contributed by atoms with van der Waals surface area (Å²) < 4.78 is 6.49. The van der Waals surface area contributed by atoms with Crippen LogP contribution in [0.5, 0.6) is 0 Å². The van der Waals surface area contributed by atoms with Crippen LogP contribution in [0.3, 0.4) is 0 Å². The maximum absolute atomic E-state index is 12.3. The van der Waals surface area contributed by atoms with Gasteiger partial charge in [0.25, 0.3) is 5.91 Å². The summed E-state index contributed by atoms with van der Waals surface area (Å²) in [6, 6.07) is 7.85. The number of nitrogens with zero attached hydrogens (tertiary/aromatic N) is 1. The smallest absolute Gasteiger partial charge is 0.253 e. The van der Waals surface area contributed by atoms with Gasteiger partial charge in [0.05, 0.1) is 29.2 Å². The molecule has 2 heterocycles. The van der Waals surface area contributed by atoms with Crippen molar-refractivity contribution in [3.05, 3.63) is 52.3 Å². The number of benzene rings is 1. The van der Waals surface area contributed by atoms with E-state index in [9.17, 15) is 4.79 Å². The lowest BCUT2D eigenvalue weighted by atomic mass is 10.2. The maximum Gasteiger partial charge on any atom is 0.253 e. The molecule has 1 aromatic carbocycles. The van der Waals surface area contributed by atoms with E-state index in [1.807, 2.05) is 25.1 Å². The molecule has 1 fully saturated rings. The summed E-state index contributed by atoms with van der Waals surface area (Å²) in [5.74, 6) is -0.135. The minimum absolute atomic E-state index is 0.131. The Balaban J connectivity index is 1.65. The molecular weight excluding hydrogens is 370 g/mol. The molecule has 1 saturated heterocycles. The molecule has 1 aliphatic heterocycles. The van der Waals surface area contributed by atoms with Crippen LogP contribution in [0.1, 0.15) is 28.8 Å². The Hall–Kier alpha value is -1.92. The number of pyridine rings is 1. The molecule has 0 saturated carbocycles. The Kier molecular flexibility index (Phi) is 5.48. The summed E-state index contributed by atoms with van der Waals surface area (Å²) in [6.45, 7) is 3.36. The van der Waals surface area contributed by atoms with Gasteiger partial charge in [-0.25, -0.2) is 0 Å². The van der Waals surface area contributed by atoms with Crippen molar-refractivity contribution in [1.29, 1.82) is 0 Å². The van der Waals surface area contributed by atoms with Crippen LogP contribution < -0.4 is 10.6 Å². The van der Waals surface area contributed by atoms with Gasteiger partial charge in [-0.15, -0.1) is 0 Å². The van der Waals surface area contributed by atoms with Gasteiger partial charge in [0.1, 0.15) is 0 Å². The quantitative estimate of drug-likeness (QED) is 0.815. The van der Waals surface area contributed by atoms with Crippen LogP contribution >= 0.6 is 15.9 Å². The number of carbonyl (C=O) groups is 1. The average Bonchev–Trinajstić information content (AvgIpc) is 3.09. The van der Waals surface area contributed by atoms with Gasteiger partial charge in [-0.2, -0.15) is 0 Å². The molecule has 2 N–H and O–H groups in total. The normalized spacial score (nSPS) is 16.8. The van der Waals surface area contributed by atoms with E-state index in [1.54, 1.807) is 18.5 Å². The van der Waals surface area contributed by atoms with Crippen LogP contribution in [0, 0.1) is 6.92 Å². The molecule has 24 heavy (non-hydrogen) atoms. The number of aromatic nitrogens is 1. The minimum atomic E-state index is -0.135. The van der Waals surface area contributed by atoms with Gasteiger partial charge in [-0.05, 0) is 59.5 Å². The van der Waals surface area contributed by atoms with E-state index in [2.05, 4.69) is 31.5 Å². The largest absolute Gasteiger partial charge is 0.376 e. The van der Waals surface area contributed by atoms with Gasteiger partial charge in [-0.1, -0.05) is 6.07 Å². The highest BCUT2D eigenvalue weighted by atomic mass is 79.9. The van der Waals surface area contributed by atoms with Crippen LogP contribution in [0.2, 0.25) is 0 Å². The first-order valence-corrected chi connectivity index (χ1v) is 8.79. The molecule has 5 nitrogen and oxygen atoms in total. The molecule has 1 unspecified atom stereocenters. The molecule has 0 aliphatic carbocycles. The number of rotatable bonds is 5. The summed E-state index contributed by atoms with van der Waals surface area (Å²) in [5.41, 5.74) is 3.40. The van der Waals surface area contributed by atoms with Crippen molar-refractivity contribution >= 4 is 33.2 Å². The molecule has 126 valence electrons. The highest BCUT2D eigenvalue weighted by Gasteiger charge is 2.17. The predicted molar refractivity (Wildman–Crippen MR) is 97.7 cm³/mol. The van der Waals surface area contributed by atoms with Crippen LogP contribution in [0.15, 0.2) is 41.1 Å². The average molecular weight is 390 g/mol.